The van der Waals surface area contributed by atoms with Crippen LogP contribution in [0.3, 0.4) is 0 Å². The van der Waals surface area contributed by atoms with E-state index in [0.717, 1.165) is 33.9 Å². The Bertz CT molecular complexity index is 1010. The first-order valence-corrected chi connectivity index (χ1v) is 10.7. The molecule has 1 saturated carbocycles. The summed E-state index contributed by atoms with van der Waals surface area (Å²) in [5.41, 5.74) is 1.82. The molecule has 8 heteroatoms. The zero-order valence-corrected chi connectivity index (χ0v) is 16.8. The quantitative estimate of drug-likeness (QED) is 0.486. The average Bonchev–Trinajstić information content (AvgIpc) is 3.24. The van der Waals surface area contributed by atoms with Crippen LogP contribution < -0.4 is 5.32 Å². The Labute approximate surface area is 165 Å². The number of Topliss-reactive ketones (excluding diaryl/α,β-unsaturated/α-hetero) is 1. The summed E-state index contributed by atoms with van der Waals surface area (Å²) < 4.78 is 1.95. The smallest absolute Gasteiger partial charge is 0.228 e. The number of rotatable bonds is 7. The lowest BCUT2D eigenvalue weighted by Crippen LogP contribution is -2.29. The molecule has 0 saturated heterocycles. The third-order valence-corrected chi connectivity index (χ3v) is 6.96. The SMILES string of the molecule is CC(C(=O)NC1CC1)c1ccc(C(=O)CSc2nc3ccncc3n2C)s1. The van der Waals surface area contributed by atoms with Gasteiger partial charge in [0.2, 0.25) is 5.91 Å². The van der Waals surface area contributed by atoms with E-state index in [4.69, 9.17) is 0 Å². The number of carbonyl (C=O) groups is 2. The van der Waals surface area contributed by atoms with Crippen LogP contribution in [0, 0.1) is 0 Å². The molecule has 1 fully saturated rings. The molecule has 0 spiro atoms. The number of hydrogen-bond acceptors (Lipinski definition) is 6. The first-order valence-electron chi connectivity index (χ1n) is 8.85. The van der Waals surface area contributed by atoms with E-state index in [-0.39, 0.29) is 17.6 Å². The van der Waals surface area contributed by atoms with E-state index in [2.05, 4.69) is 15.3 Å². The van der Waals surface area contributed by atoms with E-state index >= 15 is 0 Å². The first-order chi connectivity index (χ1) is 13.0. The van der Waals surface area contributed by atoms with E-state index in [1.807, 2.05) is 36.7 Å². The summed E-state index contributed by atoms with van der Waals surface area (Å²) in [5.74, 6) is 0.183. The average molecular weight is 401 g/mol. The first kappa shape index (κ1) is 18.2. The van der Waals surface area contributed by atoms with Crippen LogP contribution in [0.2, 0.25) is 0 Å². The molecule has 27 heavy (non-hydrogen) atoms. The Kier molecular flexibility index (Phi) is 5.01. The number of pyridine rings is 1. The van der Waals surface area contributed by atoms with Crippen molar-refractivity contribution in [3.8, 4) is 0 Å². The number of hydrogen-bond donors (Lipinski definition) is 1. The Morgan fingerprint density at radius 2 is 2.19 bits per heavy atom. The number of ketones is 1. The van der Waals surface area contributed by atoms with Gasteiger partial charge in [-0.1, -0.05) is 11.8 Å². The number of aromatic nitrogens is 3. The van der Waals surface area contributed by atoms with Crippen molar-refractivity contribution in [1.82, 2.24) is 19.9 Å². The molecule has 1 N–H and O–H groups in total. The summed E-state index contributed by atoms with van der Waals surface area (Å²) in [7, 11) is 1.92. The van der Waals surface area contributed by atoms with Crippen LogP contribution in [-0.4, -0.2) is 38.0 Å². The maximum absolute atomic E-state index is 12.6. The molecule has 1 unspecified atom stereocenters. The second kappa shape index (κ2) is 7.44. The molecule has 1 aliphatic rings. The molecule has 140 valence electrons. The van der Waals surface area contributed by atoms with Gasteiger partial charge < -0.3 is 9.88 Å². The van der Waals surface area contributed by atoms with E-state index in [1.165, 1.54) is 23.1 Å². The Morgan fingerprint density at radius 3 is 2.93 bits per heavy atom. The predicted molar refractivity (Wildman–Crippen MR) is 107 cm³/mol. The lowest BCUT2D eigenvalue weighted by atomic mass is 10.1. The van der Waals surface area contributed by atoms with Crippen LogP contribution in [0.4, 0.5) is 0 Å². The standard InChI is InChI=1S/C19H20N4O2S2/c1-11(18(25)21-12-3-4-12)16-5-6-17(27-16)15(24)10-26-19-22-13-7-8-20-9-14(13)23(19)2/h5-9,11-12H,3-4,10H2,1-2H3,(H,21,25). The molecular formula is C19H20N4O2S2. The normalized spacial score (nSPS) is 15.0. The molecule has 4 rings (SSSR count). The summed E-state index contributed by atoms with van der Waals surface area (Å²) in [5, 5.41) is 3.81. The molecule has 1 amide bonds. The lowest BCUT2D eigenvalue weighted by molar-refractivity contribution is -0.122. The van der Waals surface area contributed by atoms with Crippen molar-refractivity contribution in [3.05, 3.63) is 40.3 Å². The maximum Gasteiger partial charge on any atom is 0.228 e. The molecule has 1 aliphatic carbocycles. The summed E-state index contributed by atoms with van der Waals surface area (Å²) >= 11 is 2.83. The van der Waals surface area contributed by atoms with Gasteiger partial charge in [0.15, 0.2) is 10.9 Å². The highest BCUT2D eigenvalue weighted by atomic mass is 32.2. The van der Waals surface area contributed by atoms with Gasteiger partial charge in [0.05, 0.1) is 33.8 Å². The largest absolute Gasteiger partial charge is 0.353 e. The number of nitrogens with zero attached hydrogens (tertiary/aromatic N) is 3. The highest BCUT2D eigenvalue weighted by molar-refractivity contribution is 7.99. The highest BCUT2D eigenvalue weighted by Gasteiger charge is 2.27. The molecule has 3 aromatic heterocycles. The van der Waals surface area contributed by atoms with Crippen molar-refractivity contribution in [3.63, 3.8) is 0 Å². The molecular weight excluding hydrogens is 380 g/mol. The minimum absolute atomic E-state index is 0.0426. The van der Waals surface area contributed by atoms with Gasteiger partial charge in [-0.15, -0.1) is 11.3 Å². The molecule has 6 nitrogen and oxygen atoms in total. The minimum atomic E-state index is -0.225. The van der Waals surface area contributed by atoms with E-state index in [0.29, 0.717) is 16.7 Å². The van der Waals surface area contributed by atoms with Gasteiger partial charge in [-0.3, -0.25) is 14.6 Å². The second-order valence-corrected chi connectivity index (χ2v) is 8.79. The van der Waals surface area contributed by atoms with Gasteiger partial charge in [-0.05, 0) is 38.0 Å². The van der Waals surface area contributed by atoms with E-state index in [1.54, 1.807) is 12.4 Å². The van der Waals surface area contributed by atoms with E-state index < -0.39 is 0 Å². The molecule has 0 radical (unpaired) electrons. The highest BCUT2D eigenvalue weighted by Crippen LogP contribution is 2.29. The number of nitrogens with one attached hydrogen (secondary N) is 1. The van der Waals surface area contributed by atoms with Gasteiger partial charge in [-0.25, -0.2) is 4.98 Å². The topological polar surface area (TPSA) is 76.9 Å². The zero-order valence-electron chi connectivity index (χ0n) is 15.1. The van der Waals surface area contributed by atoms with Gasteiger partial charge in [0.1, 0.15) is 0 Å². The summed E-state index contributed by atoms with van der Waals surface area (Å²) in [4.78, 5) is 35.1. The van der Waals surface area contributed by atoms with Crippen LogP contribution in [0.1, 0.15) is 40.2 Å². The van der Waals surface area contributed by atoms with Crippen molar-refractivity contribution >= 4 is 45.8 Å². The molecule has 3 aromatic rings. The third kappa shape index (κ3) is 3.91. The maximum atomic E-state index is 12.6. The minimum Gasteiger partial charge on any atom is -0.353 e. The van der Waals surface area contributed by atoms with Gasteiger partial charge in [0.25, 0.3) is 0 Å². The van der Waals surface area contributed by atoms with Crippen molar-refractivity contribution < 1.29 is 9.59 Å². The van der Waals surface area contributed by atoms with Crippen LogP contribution in [0.5, 0.6) is 0 Å². The number of aryl methyl sites for hydroxylation is 1. The van der Waals surface area contributed by atoms with Gasteiger partial charge in [-0.2, -0.15) is 0 Å². The van der Waals surface area contributed by atoms with Gasteiger partial charge in [0, 0.05) is 24.2 Å². The third-order valence-electron chi connectivity index (χ3n) is 4.62. The van der Waals surface area contributed by atoms with Gasteiger partial charge >= 0.3 is 0 Å². The van der Waals surface area contributed by atoms with Crippen LogP contribution >= 0.6 is 23.1 Å². The number of fused-ring (bicyclic) bond motifs is 1. The number of carbonyl (C=O) groups excluding carboxylic acids is 2. The second-order valence-electron chi connectivity index (χ2n) is 6.74. The summed E-state index contributed by atoms with van der Waals surface area (Å²) in [6.45, 7) is 1.89. The number of thiophene rings is 1. The number of imidazole rings is 1. The molecule has 0 aromatic carbocycles. The van der Waals surface area contributed by atoms with Crippen molar-refractivity contribution in [2.75, 3.05) is 5.75 Å². The number of thioether (sulfide) groups is 1. The van der Waals surface area contributed by atoms with Crippen molar-refractivity contribution in [2.45, 2.75) is 36.9 Å². The summed E-state index contributed by atoms with van der Waals surface area (Å²) in [6.07, 6.45) is 5.63. The molecule has 3 heterocycles. The predicted octanol–water partition coefficient (Wildman–Crippen LogP) is 3.39. The summed E-state index contributed by atoms with van der Waals surface area (Å²) in [6, 6.07) is 5.92. The monoisotopic (exact) mass is 400 g/mol. The molecule has 1 atom stereocenters. The lowest BCUT2D eigenvalue weighted by Gasteiger charge is -2.09. The van der Waals surface area contributed by atoms with Crippen molar-refractivity contribution in [2.24, 2.45) is 7.05 Å². The fourth-order valence-electron chi connectivity index (χ4n) is 2.76. The van der Waals surface area contributed by atoms with Crippen molar-refractivity contribution in [1.29, 1.82) is 0 Å². The fourth-order valence-corrected chi connectivity index (χ4v) is 4.72. The zero-order chi connectivity index (χ0) is 19.0. The number of amides is 1. The Balaban J connectivity index is 1.40. The van der Waals surface area contributed by atoms with Crippen LogP contribution in [0.15, 0.2) is 35.7 Å². The Morgan fingerprint density at radius 1 is 1.37 bits per heavy atom. The van der Waals surface area contributed by atoms with E-state index in [9.17, 15) is 9.59 Å². The molecule has 0 aliphatic heterocycles. The molecule has 0 bridgehead atoms. The van der Waals surface area contributed by atoms with Crippen LogP contribution in [-0.2, 0) is 11.8 Å². The fraction of sp³-hybridized carbons (Fsp3) is 0.368. The van der Waals surface area contributed by atoms with Crippen LogP contribution in [0.25, 0.3) is 11.0 Å². The Hall–Kier alpha value is -2.19.